The minimum Gasteiger partial charge on any atom is -0.391 e. The van der Waals surface area contributed by atoms with Gasteiger partial charge >= 0.3 is 0 Å². The monoisotopic (exact) mass is 261 g/mol. The van der Waals surface area contributed by atoms with Gasteiger partial charge in [0.25, 0.3) is 5.91 Å². The third-order valence-corrected chi connectivity index (χ3v) is 4.27. The summed E-state index contributed by atoms with van der Waals surface area (Å²) in [6.45, 7) is 4.06. The largest absolute Gasteiger partial charge is 0.391 e. The Morgan fingerprint density at radius 1 is 1.21 bits per heavy atom. The van der Waals surface area contributed by atoms with Gasteiger partial charge in [0.15, 0.2) is 0 Å². The van der Waals surface area contributed by atoms with Crippen LogP contribution in [0.25, 0.3) is 0 Å². The zero-order valence-electron chi connectivity index (χ0n) is 12.0. The number of carbonyl (C=O) groups is 1. The van der Waals surface area contributed by atoms with Crippen molar-refractivity contribution in [3.63, 3.8) is 0 Å². The number of likely N-dealkylation sites (N-methyl/N-ethyl adjacent to an activating group) is 1. The van der Waals surface area contributed by atoms with Crippen molar-refractivity contribution in [3.8, 4) is 0 Å². The summed E-state index contributed by atoms with van der Waals surface area (Å²) in [5.41, 5.74) is 3.03. The van der Waals surface area contributed by atoms with E-state index in [1.807, 2.05) is 32.0 Å². The van der Waals surface area contributed by atoms with Gasteiger partial charge in [-0.1, -0.05) is 18.9 Å². The number of aryl methyl sites for hydroxylation is 2. The molecule has 0 aliphatic heterocycles. The lowest BCUT2D eigenvalue weighted by atomic mass is 9.91. The van der Waals surface area contributed by atoms with E-state index in [9.17, 15) is 9.90 Å². The van der Waals surface area contributed by atoms with Crippen LogP contribution in [0.4, 0.5) is 0 Å². The van der Waals surface area contributed by atoms with Gasteiger partial charge in [0.05, 0.1) is 12.1 Å². The maximum absolute atomic E-state index is 12.5. The van der Waals surface area contributed by atoms with Crippen molar-refractivity contribution in [1.29, 1.82) is 0 Å². The molecule has 1 aliphatic carbocycles. The molecule has 0 spiro atoms. The van der Waals surface area contributed by atoms with E-state index in [0.29, 0.717) is 5.56 Å². The smallest absolute Gasteiger partial charge is 0.253 e. The third kappa shape index (κ3) is 2.98. The van der Waals surface area contributed by atoms with Crippen LogP contribution in [-0.4, -0.2) is 35.1 Å². The van der Waals surface area contributed by atoms with Gasteiger partial charge in [-0.25, -0.2) is 0 Å². The van der Waals surface area contributed by atoms with Crippen molar-refractivity contribution in [1.82, 2.24) is 4.90 Å². The number of aliphatic hydroxyl groups is 1. The van der Waals surface area contributed by atoms with Gasteiger partial charge in [-0.05, 0) is 49.9 Å². The standard InChI is InChI=1S/C16H23NO2/c1-11-8-9-13(10-12(11)2)16(19)17(3)14-6-4-5-7-15(14)18/h8-10,14-15,18H,4-7H2,1-3H3. The Hall–Kier alpha value is -1.35. The fraction of sp³-hybridized carbons (Fsp3) is 0.562. The van der Waals surface area contributed by atoms with E-state index in [1.165, 1.54) is 5.56 Å². The number of hydrogen-bond acceptors (Lipinski definition) is 2. The molecule has 1 N–H and O–H groups in total. The van der Waals surface area contributed by atoms with Gasteiger partial charge in [0.2, 0.25) is 0 Å². The van der Waals surface area contributed by atoms with Gasteiger partial charge in [-0.3, -0.25) is 4.79 Å². The highest BCUT2D eigenvalue weighted by atomic mass is 16.3. The van der Waals surface area contributed by atoms with Crippen LogP contribution in [0.1, 0.15) is 47.2 Å². The number of aliphatic hydroxyl groups excluding tert-OH is 1. The lowest BCUT2D eigenvalue weighted by Crippen LogP contribution is -2.46. The molecule has 3 nitrogen and oxygen atoms in total. The Morgan fingerprint density at radius 2 is 1.89 bits per heavy atom. The van der Waals surface area contributed by atoms with Crippen LogP contribution >= 0.6 is 0 Å². The zero-order valence-corrected chi connectivity index (χ0v) is 12.0. The van der Waals surface area contributed by atoms with Crippen molar-refractivity contribution < 1.29 is 9.90 Å². The lowest BCUT2D eigenvalue weighted by molar-refractivity contribution is 0.0268. The van der Waals surface area contributed by atoms with E-state index in [2.05, 4.69) is 0 Å². The first-order valence-electron chi connectivity index (χ1n) is 7.03. The van der Waals surface area contributed by atoms with Crippen LogP contribution < -0.4 is 0 Å². The van der Waals surface area contributed by atoms with Crippen molar-refractivity contribution in [2.24, 2.45) is 0 Å². The van der Waals surface area contributed by atoms with Gasteiger partial charge in [0.1, 0.15) is 0 Å². The van der Waals surface area contributed by atoms with E-state index in [4.69, 9.17) is 0 Å². The highest BCUT2D eigenvalue weighted by molar-refractivity contribution is 5.94. The summed E-state index contributed by atoms with van der Waals surface area (Å²) < 4.78 is 0. The number of hydrogen-bond donors (Lipinski definition) is 1. The summed E-state index contributed by atoms with van der Waals surface area (Å²) in [7, 11) is 1.80. The molecular weight excluding hydrogens is 238 g/mol. The summed E-state index contributed by atoms with van der Waals surface area (Å²) in [4.78, 5) is 14.2. The maximum atomic E-state index is 12.5. The Balaban J connectivity index is 2.15. The van der Waals surface area contributed by atoms with E-state index in [1.54, 1.807) is 11.9 Å². The summed E-state index contributed by atoms with van der Waals surface area (Å²) in [5, 5.41) is 10.0. The number of nitrogens with zero attached hydrogens (tertiary/aromatic N) is 1. The zero-order chi connectivity index (χ0) is 14.0. The normalized spacial score (nSPS) is 23.2. The molecule has 1 fully saturated rings. The van der Waals surface area contributed by atoms with Gasteiger partial charge in [-0.2, -0.15) is 0 Å². The molecule has 0 radical (unpaired) electrons. The first kappa shape index (κ1) is 14.1. The van der Waals surface area contributed by atoms with Crippen molar-refractivity contribution >= 4 is 5.91 Å². The Kier molecular flexibility index (Phi) is 4.25. The van der Waals surface area contributed by atoms with Crippen LogP contribution in [0.5, 0.6) is 0 Å². The fourth-order valence-corrected chi connectivity index (χ4v) is 2.77. The van der Waals surface area contributed by atoms with Crippen molar-refractivity contribution in [2.75, 3.05) is 7.05 Å². The van der Waals surface area contributed by atoms with E-state index >= 15 is 0 Å². The van der Waals surface area contributed by atoms with Gasteiger partial charge in [0, 0.05) is 12.6 Å². The second kappa shape index (κ2) is 5.74. The van der Waals surface area contributed by atoms with Crippen LogP contribution in [-0.2, 0) is 0 Å². The number of rotatable bonds is 2. The van der Waals surface area contributed by atoms with Gasteiger partial charge in [-0.15, -0.1) is 0 Å². The molecule has 2 unspecified atom stereocenters. The minimum atomic E-state index is -0.380. The maximum Gasteiger partial charge on any atom is 0.253 e. The quantitative estimate of drug-likeness (QED) is 0.889. The molecule has 3 heteroatoms. The first-order chi connectivity index (χ1) is 9.00. The number of carbonyl (C=O) groups excluding carboxylic acids is 1. The van der Waals surface area contributed by atoms with Crippen molar-refractivity contribution in [3.05, 3.63) is 34.9 Å². The molecule has 0 saturated heterocycles. The summed E-state index contributed by atoms with van der Waals surface area (Å²) in [6.07, 6.45) is 3.47. The molecule has 1 aliphatic rings. The molecule has 1 aromatic rings. The van der Waals surface area contributed by atoms with Crippen LogP contribution in [0, 0.1) is 13.8 Å². The molecule has 0 bridgehead atoms. The van der Waals surface area contributed by atoms with Crippen LogP contribution in [0.2, 0.25) is 0 Å². The highest BCUT2D eigenvalue weighted by Gasteiger charge is 2.29. The molecule has 0 heterocycles. The second-order valence-electron chi connectivity index (χ2n) is 5.63. The topological polar surface area (TPSA) is 40.5 Å². The Labute approximate surface area is 115 Å². The SMILES string of the molecule is Cc1ccc(C(=O)N(C)C2CCCCC2O)cc1C. The van der Waals surface area contributed by atoms with Gasteiger partial charge < -0.3 is 10.0 Å². The van der Waals surface area contributed by atoms with Crippen molar-refractivity contribution in [2.45, 2.75) is 51.7 Å². The molecule has 1 amide bonds. The third-order valence-electron chi connectivity index (χ3n) is 4.27. The molecule has 2 rings (SSSR count). The second-order valence-corrected chi connectivity index (χ2v) is 5.63. The molecule has 0 aromatic heterocycles. The average molecular weight is 261 g/mol. The molecule has 104 valence electrons. The molecule has 19 heavy (non-hydrogen) atoms. The Bertz CT molecular complexity index is 470. The van der Waals surface area contributed by atoms with Crippen LogP contribution in [0.3, 0.4) is 0 Å². The Morgan fingerprint density at radius 3 is 2.53 bits per heavy atom. The molecule has 2 atom stereocenters. The van der Waals surface area contributed by atoms with E-state index < -0.39 is 0 Å². The molecule has 1 aromatic carbocycles. The average Bonchev–Trinajstić information content (AvgIpc) is 2.41. The minimum absolute atomic E-state index is 0.00838. The summed E-state index contributed by atoms with van der Waals surface area (Å²) >= 11 is 0. The lowest BCUT2D eigenvalue weighted by Gasteiger charge is -2.35. The molecular formula is C16H23NO2. The first-order valence-corrected chi connectivity index (χ1v) is 7.03. The number of benzene rings is 1. The highest BCUT2D eigenvalue weighted by Crippen LogP contribution is 2.24. The summed E-state index contributed by atoms with van der Waals surface area (Å²) in [6, 6.07) is 5.75. The predicted octanol–water partition coefficient (Wildman–Crippen LogP) is 2.68. The predicted molar refractivity (Wildman–Crippen MR) is 76.3 cm³/mol. The summed E-state index contributed by atoms with van der Waals surface area (Å²) in [5.74, 6) is 0.00838. The van der Waals surface area contributed by atoms with E-state index in [-0.39, 0.29) is 18.1 Å². The van der Waals surface area contributed by atoms with E-state index in [0.717, 1.165) is 31.2 Å². The van der Waals surface area contributed by atoms with Crippen LogP contribution in [0.15, 0.2) is 18.2 Å². The number of amides is 1. The fourth-order valence-electron chi connectivity index (χ4n) is 2.77. The molecule has 1 saturated carbocycles.